The minimum atomic E-state index is -0.514. The van der Waals surface area contributed by atoms with Crippen molar-refractivity contribution in [3.8, 4) is 0 Å². The lowest BCUT2D eigenvalue weighted by atomic mass is 10.3. The first-order valence-electron chi connectivity index (χ1n) is 4.82. The number of aromatic nitrogens is 2. The molecule has 1 aliphatic carbocycles. The third-order valence-electron chi connectivity index (χ3n) is 2.45. The Morgan fingerprint density at radius 3 is 2.93 bits per heavy atom. The number of esters is 1. The minimum Gasteiger partial charge on any atom is -0.463 e. The largest absolute Gasteiger partial charge is 0.463 e. The van der Waals surface area contributed by atoms with Crippen LogP contribution in [0.4, 0.5) is 5.82 Å². The van der Waals surface area contributed by atoms with E-state index in [4.69, 9.17) is 0 Å². The minimum absolute atomic E-state index is 0.0896. The average molecular weight is 207 g/mol. The second-order valence-electron chi connectivity index (χ2n) is 3.94. The van der Waals surface area contributed by atoms with Gasteiger partial charge in [-0.25, -0.2) is 14.8 Å². The summed E-state index contributed by atoms with van der Waals surface area (Å²) in [7, 11) is 1.31. The summed E-state index contributed by atoms with van der Waals surface area (Å²) in [5.74, 6) is 0.247. The van der Waals surface area contributed by atoms with E-state index in [2.05, 4.69) is 26.9 Å². The average Bonchev–Trinajstić information content (AvgIpc) is 2.95. The molecule has 1 aromatic heterocycles. The Balaban J connectivity index is 2.15. The van der Waals surface area contributed by atoms with Crippen molar-refractivity contribution >= 4 is 11.8 Å². The third-order valence-corrected chi connectivity index (χ3v) is 2.45. The predicted molar refractivity (Wildman–Crippen MR) is 54.6 cm³/mol. The first-order chi connectivity index (χ1) is 7.13. The number of ether oxygens (including phenoxy) is 1. The van der Waals surface area contributed by atoms with E-state index in [1.54, 1.807) is 12.3 Å². The van der Waals surface area contributed by atoms with Crippen molar-refractivity contribution in [2.45, 2.75) is 25.3 Å². The van der Waals surface area contributed by atoms with Crippen molar-refractivity contribution in [1.82, 2.24) is 9.97 Å². The highest BCUT2D eigenvalue weighted by molar-refractivity contribution is 5.85. The zero-order valence-electron chi connectivity index (χ0n) is 8.78. The number of anilines is 1. The Bertz CT molecular complexity index is 388. The highest BCUT2D eigenvalue weighted by atomic mass is 16.5. The fourth-order valence-electron chi connectivity index (χ4n) is 1.24. The van der Waals surface area contributed by atoms with Crippen LogP contribution in [0.1, 0.15) is 30.4 Å². The Morgan fingerprint density at radius 2 is 2.33 bits per heavy atom. The molecule has 15 heavy (non-hydrogen) atoms. The zero-order valence-corrected chi connectivity index (χ0v) is 8.78. The number of methoxy groups -OCH3 is 1. The summed E-state index contributed by atoms with van der Waals surface area (Å²) in [6.07, 6.45) is 3.81. The van der Waals surface area contributed by atoms with Crippen LogP contribution >= 0.6 is 0 Å². The molecule has 1 aliphatic rings. The van der Waals surface area contributed by atoms with Crippen LogP contribution < -0.4 is 5.32 Å². The maximum absolute atomic E-state index is 11.2. The van der Waals surface area contributed by atoms with Crippen molar-refractivity contribution in [2.75, 3.05) is 12.4 Å². The molecule has 1 aromatic rings. The van der Waals surface area contributed by atoms with E-state index in [0.717, 1.165) is 12.8 Å². The van der Waals surface area contributed by atoms with Gasteiger partial charge in [-0.05, 0) is 25.8 Å². The topological polar surface area (TPSA) is 64.1 Å². The van der Waals surface area contributed by atoms with Crippen molar-refractivity contribution in [1.29, 1.82) is 0 Å². The van der Waals surface area contributed by atoms with Gasteiger partial charge in [0.15, 0.2) is 0 Å². The van der Waals surface area contributed by atoms with Gasteiger partial charge in [0, 0.05) is 11.7 Å². The van der Waals surface area contributed by atoms with Crippen molar-refractivity contribution in [3.63, 3.8) is 0 Å². The molecule has 5 heteroatoms. The van der Waals surface area contributed by atoms with E-state index in [1.807, 2.05) is 0 Å². The molecule has 80 valence electrons. The molecule has 0 aliphatic heterocycles. The first kappa shape index (κ1) is 9.89. The van der Waals surface area contributed by atoms with Crippen LogP contribution in [0.15, 0.2) is 12.3 Å². The van der Waals surface area contributed by atoms with E-state index >= 15 is 0 Å². The number of nitrogens with one attached hydrogen (secondary N) is 1. The number of hydrogen-bond donors (Lipinski definition) is 1. The second-order valence-corrected chi connectivity index (χ2v) is 3.94. The van der Waals surface area contributed by atoms with E-state index < -0.39 is 5.97 Å². The summed E-state index contributed by atoms with van der Waals surface area (Å²) in [5.41, 5.74) is 0.141. The molecule has 5 nitrogen and oxygen atoms in total. The van der Waals surface area contributed by atoms with Crippen LogP contribution in [-0.4, -0.2) is 28.6 Å². The van der Waals surface area contributed by atoms with Crippen LogP contribution in [0.2, 0.25) is 0 Å². The summed E-state index contributed by atoms with van der Waals surface area (Å²) >= 11 is 0. The maximum atomic E-state index is 11.2. The number of hydrogen-bond acceptors (Lipinski definition) is 5. The molecule has 0 amide bonds. The van der Waals surface area contributed by atoms with E-state index in [0.29, 0.717) is 5.82 Å². The molecule has 1 heterocycles. The number of nitrogens with zero attached hydrogens (tertiary/aromatic N) is 2. The van der Waals surface area contributed by atoms with Gasteiger partial charge in [0.05, 0.1) is 7.11 Å². The van der Waals surface area contributed by atoms with Crippen LogP contribution in [0.25, 0.3) is 0 Å². The van der Waals surface area contributed by atoms with Crippen LogP contribution in [0.3, 0.4) is 0 Å². The first-order valence-corrected chi connectivity index (χ1v) is 4.82. The number of carbonyl (C=O) groups excluding carboxylic acids is 1. The van der Waals surface area contributed by atoms with Crippen LogP contribution in [-0.2, 0) is 4.74 Å². The fourth-order valence-corrected chi connectivity index (χ4v) is 1.24. The molecule has 1 fully saturated rings. The molecule has 0 saturated heterocycles. The molecular formula is C10H13N3O2. The van der Waals surface area contributed by atoms with Gasteiger partial charge < -0.3 is 10.1 Å². The highest BCUT2D eigenvalue weighted by Crippen LogP contribution is 2.37. The lowest BCUT2D eigenvalue weighted by Gasteiger charge is -2.11. The molecule has 0 aromatic carbocycles. The second kappa shape index (κ2) is 3.49. The van der Waals surface area contributed by atoms with Gasteiger partial charge in [-0.2, -0.15) is 0 Å². The predicted octanol–water partition coefficient (Wildman–Crippen LogP) is 1.23. The van der Waals surface area contributed by atoms with Gasteiger partial charge >= 0.3 is 5.97 Å². The molecule has 0 spiro atoms. The van der Waals surface area contributed by atoms with Crippen molar-refractivity contribution in [2.24, 2.45) is 0 Å². The third kappa shape index (κ3) is 2.23. The normalized spacial score (nSPS) is 16.9. The Morgan fingerprint density at radius 1 is 1.60 bits per heavy atom. The van der Waals surface area contributed by atoms with E-state index in [-0.39, 0.29) is 11.4 Å². The lowest BCUT2D eigenvalue weighted by Crippen LogP contribution is -2.18. The molecule has 0 atom stereocenters. The van der Waals surface area contributed by atoms with Gasteiger partial charge in [-0.3, -0.25) is 0 Å². The standard InChI is InChI=1S/C10H13N3O2/c1-10(4-5-10)13-7-3-6-11-8(12-7)9(14)15-2/h3,6H,4-5H2,1-2H3,(H,11,12,13). The lowest BCUT2D eigenvalue weighted by molar-refractivity contribution is 0.0587. The summed E-state index contributed by atoms with van der Waals surface area (Å²) < 4.78 is 4.55. The van der Waals surface area contributed by atoms with E-state index in [1.165, 1.54) is 7.11 Å². The molecule has 1 saturated carbocycles. The Labute approximate surface area is 87.9 Å². The highest BCUT2D eigenvalue weighted by Gasteiger charge is 2.37. The van der Waals surface area contributed by atoms with E-state index in [9.17, 15) is 4.79 Å². The quantitative estimate of drug-likeness (QED) is 0.755. The monoisotopic (exact) mass is 207 g/mol. The Hall–Kier alpha value is -1.65. The van der Waals surface area contributed by atoms with Crippen LogP contribution in [0, 0.1) is 0 Å². The molecule has 0 bridgehead atoms. The molecule has 0 unspecified atom stereocenters. The molecule has 2 rings (SSSR count). The van der Waals surface area contributed by atoms with Crippen molar-refractivity contribution < 1.29 is 9.53 Å². The van der Waals surface area contributed by atoms with Gasteiger partial charge in [0.25, 0.3) is 0 Å². The summed E-state index contributed by atoms with van der Waals surface area (Å²) in [6, 6.07) is 1.75. The van der Waals surface area contributed by atoms with Gasteiger partial charge in [-0.1, -0.05) is 0 Å². The molecular weight excluding hydrogens is 194 g/mol. The van der Waals surface area contributed by atoms with Gasteiger partial charge in [0.2, 0.25) is 5.82 Å². The van der Waals surface area contributed by atoms with Crippen LogP contribution in [0.5, 0.6) is 0 Å². The molecule has 0 radical (unpaired) electrons. The zero-order chi connectivity index (χ0) is 10.9. The van der Waals surface area contributed by atoms with Gasteiger partial charge in [-0.15, -0.1) is 0 Å². The Kier molecular flexibility index (Phi) is 2.30. The molecule has 1 N–H and O–H groups in total. The summed E-state index contributed by atoms with van der Waals surface area (Å²) in [5, 5.41) is 3.25. The fraction of sp³-hybridized carbons (Fsp3) is 0.500. The SMILES string of the molecule is COC(=O)c1nccc(NC2(C)CC2)n1. The number of carbonyl (C=O) groups is 1. The van der Waals surface area contributed by atoms with Crippen molar-refractivity contribution in [3.05, 3.63) is 18.1 Å². The smallest absolute Gasteiger partial charge is 0.376 e. The summed E-state index contributed by atoms with van der Waals surface area (Å²) in [4.78, 5) is 19.1. The maximum Gasteiger partial charge on any atom is 0.376 e. The number of rotatable bonds is 3. The van der Waals surface area contributed by atoms with Gasteiger partial charge in [0.1, 0.15) is 5.82 Å². The summed E-state index contributed by atoms with van der Waals surface area (Å²) in [6.45, 7) is 2.12.